The molecule has 2 aliphatic rings. The fourth-order valence-electron chi connectivity index (χ4n) is 4.62. The molecule has 0 spiro atoms. The number of carbonyl (C=O) groups is 1. The molecule has 1 aromatic carbocycles. The molecule has 30 heavy (non-hydrogen) atoms. The summed E-state index contributed by atoms with van der Waals surface area (Å²) in [6.45, 7) is 14.2. The number of likely N-dealkylation sites (tertiary alicyclic amines) is 1. The molecule has 1 aromatic rings. The molecule has 1 amide bonds. The number of ether oxygens (including phenoxy) is 1. The molecule has 2 fully saturated rings. The number of hydrogen-bond donors (Lipinski definition) is 1. The molecule has 7 heteroatoms. The second-order valence-corrected chi connectivity index (χ2v) is 9.92. The first-order valence-corrected chi connectivity index (χ1v) is 11.1. The van der Waals surface area contributed by atoms with E-state index in [1.807, 2.05) is 25.7 Å². The smallest absolute Gasteiger partial charge is 0.410 e. The Labute approximate surface area is 180 Å². The maximum absolute atomic E-state index is 14.4. The number of hydrogen-bond acceptors (Lipinski definition) is 5. The van der Waals surface area contributed by atoms with Crippen LogP contribution in [0.15, 0.2) is 18.2 Å². The van der Waals surface area contributed by atoms with E-state index in [1.165, 1.54) is 6.07 Å². The second-order valence-electron chi connectivity index (χ2n) is 9.92. The molecule has 0 bridgehead atoms. The first-order chi connectivity index (χ1) is 14.0. The van der Waals surface area contributed by atoms with Gasteiger partial charge in [-0.25, -0.2) is 9.18 Å². The second kappa shape index (κ2) is 9.00. The Morgan fingerprint density at radius 1 is 1.17 bits per heavy atom. The minimum absolute atomic E-state index is 0.207. The van der Waals surface area contributed by atoms with Crippen LogP contribution in [0.3, 0.4) is 0 Å². The zero-order valence-corrected chi connectivity index (χ0v) is 19.0. The van der Waals surface area contributed by atoms with Crippen LogP contribution >= 0.6 is 0 Å². The SMILES string of the molecule is C[C@@H]1CN(c2ccc(N)cc2F)C[C@H](C)N1CC1CCN(C(=O)OC(C)(C)C)CC1. The molecule has 2 saturated heterocycles. The summed E-state index contributed by atoms with van der Waals surface area (Å²) in [5, 5.41) is 0. The van der Waals surface area contributed by atoms with Gasteiger partial charge in [0.15, 0.2) is 0 Å². The zero-order valence-electron chi connectivity index (χ0n) is 19.0. The molecular weight excluding hydrogens is 383 g/mol. The standard InChI is InChI=1S/C23H37FN4O2/c1-16-13-27(21-7-6-19(25)12-20(21)24)14-17(2)28(16)15-18-8-10-26(11-9-18)22(29)30-23(3,4)5/h6-7,12,16-18H,8-11,13-15,25H2,1-5H3/t16-,17+. The molecule has 0 aromatic heterocycles. The van der Waals surface area contributed by atoms with Crippen molar-refractivity contribution < 1.29 is 13.9 Å². The highest BCUT2D eigenvalue weighted by Crippen LogP contribution is 2.28. The van der Waals surface area contributed by atoms with Crippen LogP contribution in [0, 0.1) is 11.7 Å². The van der Waals surface area contributed by atoms with E-state index in [9.17, 15) is 9.18 Å². The number of rotatable bonds is 3. The minimum Gasteiger partial charge on any atom is -0.444 e. The van der Waals surface area contributed by atoms with Crippen LogP contribution in [0.1, 0.15) is 47.5 Å². The van der Waals surface area contributed by atoms with Crippen molar-refractivity contribution in [1.82, 2.24) is 9.80 Å². The molecule has 6 nitrogen and oxygen atoms in total. The highest BCUT2D eigenvalue weighted by molar-refractivity contribution is 5.68. The van der Waals surface area contributed by atoms with Crippen LogP contribution in [0.5, 0.6) is 0 Å². The number of benzene rings is 1. The fourth-order valence-corrected chi connectivity index (χ4v) is 4.62. The Balaban J connectivity index is 1.53. The van der Waals surface area contributed by atoms with E-state index in [0.717, 1.165) is 45.6 Å². The third kappa shape index (κ3) is 5.56. The lowest BCUT2D eigenvalue weighted by atomic mass is 9.94. The molecule has 2 heterocycles. The third-order valence-electron chi connectivity index (χ3n) is 6.15. The fraction of sp³-hybridized carbons (Fsp3) is 0.696. The molecule has 0 radical (unpaired) electrons. The molecule has 0 saturated carbocycles. The lowest BCUT2D eigenvalue weighted by Crippen LogP contribution is -2.58. The van der Waals surface area contributed by atoms with Gasteiger partial charge in [0.05, 0.1) is 5.69 Å². The van der Waals surface area contributed by atoms with Gasteiger partial charge in [0, 0.05) is 50.5 Å². The van der Waals surface area contributed by atoms with Crippen molar-refractivity contribution in [3.8, 4) is 0 Å². The average Bonchev–Trinajstić information content (AvgIpc) is 2.63. The van der Waals surface area contributed by atoms with Gasteiger partial charge in [0.25, 0.3) is 0 Å². The summed E-state index contributed by atoms with van der Waals surface area (Å²) in [5.41, 5.74) is 6.33. The highest BCUT2D eigenvalue weighted by Gasteiger charge is 2.34. The molecule has 0 aliphatic carbocycles. The van der Waals surface area contributed by atoms with E-state index in [-0.39, 0.29) is 11.9 Å². The van der Waals surface area contributed by atoms with E-state index in [0.29, 0.717) is 29.4 Å². The summed E-state index contributed by atoms with van der Waals surface area (Å²) in [6, 6.07) is 5.60. The maximum Gasteiger partial charge on any atom is 0.410 e. The Hall–Kier alpha value is -2.02. The van der Waals surface area contributed by atoms with Crippen LogP contribution in [0.2, 0.25) is 0 Å². The van der Waals surface area contributed by atoms with Gasteiger partial charge < -0.3 is 20.3 Å². The molecule has 2 aliphatic heterocycles. The van der Waals surface area contributed by atoms with Crippen molar-refractivity contribution in [2.24, 2.45) is 5.92 Å². The number of piperidine rings is 1. The Bertz CT molecular complexity index is 731. The number of halogens is 1. The first-order valence-electron chi connectivity index (χ1n) is 11.1. The molecule has 3 rings (SSSR count). The van der Waals surface area contributed by atoms with Crippen molar-refractivity contribution in [3.05, 3.63) is 24.0 Å². The van der Waals surface area contributed by atoms with Crippen LogP contribution in [-0.4, -0.2) is 66.3 Å². The molecule has 2 atom stereocenters. The van der Waals surface area contributed by atoms with Gasteiger partial charge in [-0.2, -0.15) is 0 Å². The van der Waals surface area contributed by atoms with Crippen molar-refractivity contribution in [3.63, 3.8) is 0 Å². The average molecular weight is 421 g/mol. The summed E-state index contributed by atoms with van der Waals surface area (Å²) < 4.78 is 19.9. The van der Waals surface area contributed by atoms with Crippen molar-refractivity contribution in [2.45, 2.75) is 65.1 Å². The predicted octanol–water partition coefficient (Wildman–Crippen LogP) is 3.95. The minimum atomic E-state index is -0.456. The van der Waals surface area contributed by atoms with Crippen LogP contribution < -0.4 is 10.6 Å². The third-order valence-corrected chi connectivity index (χ3v) is 6.15. The lowest BCUT2D eigenvalue weighted by Gasteiger charge is -2.47. The van der Waals surface area contributed by atoms with E-state index >= 15 is 0 Å². The van der Waals surface area contributed by atoms with Gasteiger partial charge in [-0.3, -0.25) is 4.90 Å². The lowest BCUT2D eigenvalue weighted by molar-refractivity contribution is 0.0145. The monoisotopic (exact) mass is 420 g/mol. The number of amides is 1. The number of anilines is 2. The van der Waals surface area contributed by atoms with Crippen molar-refractivity contribution in [2.75, 3.05) is 43.4 Å². The molecule has 168 valence electrons. The summed E-state index contributed by atoms with van der Waals surface area (Å²) >= 11 is 0. The Morgan fingerprint density at radius 2 is 1.77 bits per heavy atom. The van der Waals surface area contributed by atoms with Gasteiger partial charge in [-0.05, 0) is 71.6 Å². The van der Waals surface area contributed by atoms with E-state index in [1.54, 1.807) is 12.1 Å². The number of piperazine rings is 1. The number of nitrogen functional groups attached to an aromatic ring is 1. The van der Waals surface area contributed by atoms with Gasteiger partial charge in [0.2, 0.25) is 0 Å². The predicted molar refractivity (Wildman–Crippen MR) is 119 cm³/mol. The molecular formula is C23H37FN4O2. The summed E-state index contributed by atoms with van der Waals surface area (Å²) in [4.78, 5) is 18.8. The Kier molecular flexibility index (Phi) is 6.80. The van der Waals surface area contributed by atoms with Gasteiger partial charge in [-0.1, -0.05) is 0 Å². The highest BCUT2D eigenvalue weighted by atomic mass is 19.1. The number of nitrogens with two attached hydrogens (primary N) is 1. The summed E-state index contributed by atoms with van der Waals surface area (Å²) in [7, 11) is 0. The van der Waals surface area contributed by atoms with Crippen molar-refractivity contribution >= 4 is 17.5 Å². The van der Waals surface area contributed by atoms with Gasteiger partial charge in [0.1, 0.15) is 11.4 Å². The van der Waals surface area contributed by atoms with Crippen LogP contribution in [0.4, 0.5) is 20.6 Å². The topological polar surface area (TPSA) is 62.0 Å². The number of carbonyl (C=O) groups excluding carboxylic acids is 1. The maximum atomic E-state index is 14.4. The normalized spacial score (nSPS) is 24.2. The molecule has 0 unspecified atom stereocenters. The summed E-state index contributed by atoms with van der Waals surface area (Å²) in [5.74, 6) is 0.311. The van der Waals surface area contributed by atoms with E-state index in [4.69, 9.17) is 10.5 Å². The van der Waals surface area contributed by atoms with Crippen LogP contribution in [-0.2, 0) is 4.74 Å². The Morgan fingerprint density at radius 3 is 2.30 bits per heavy atom. The van der Waals surface area contributed by atoms with Crippen LogP contribution in [0.25, 0.3) is 0 Å². The van der Waals surface area contributed by atoms with E-state index in [2.05, 4.69) is 23.6 Å². The summed E-state index contributed by atoms with van der Waals surface area (Å²) in [6.07, 6.45) is 1.78. The van der Waals surface area contributed by atoms with E-state index < -0.39 is 5.60 Å². The zero-order chi connectivity index (χ0) is 22.1. The quantitative estimate of drug-likeness (QED) is 0.750. The number of nitrogens with zero attached hydrogens (tertiary/aromatic N) is 3. The largest absolute Gasteiger partial charge is 0.444 e. The van der Waals surface area contributed by atoms with Gasteiger partial charge >= 0.3 is 6.09 Å². The van der Waals surface area contributed by atoms with Crippen molar-refractivity contribution in [1.29, 1.82) is 0 Å². The van der Waals surface area contributed by atoms with Gasteiger partial charge in [-0.15, -0.1) is 0 Å². The first kappa shape index (κ1) is 22.7. The molecule has 2 N–H and O–H groups in total.